The smallest absolute Gasteiger partial charge is 0.0361 e. The Morgan fingerprint density at radius 1 is 1.19 bits per heavy atom. The lowest BCUT2D eigenvalue weighted by atomic mass is 9.62. The fourth-order valence-corrected chi connectivity index (χ4v) is 2.68. The van der Waals surface area contributed by atoms with Crippen molar-refractivity contribution >= 4 is 5.69 Å². The highest BCUT2D eigenvalue weighted by Crippen LogP contribution is 2.46. The third-order valence-corrected chi connectivity index (χ3v) is 3.93. The maximum Gasteiger partial charge on any atom is 0.0361 e. The van der Waals surface area contributed by atoms with E-state index in [1.165, 1.54) is 30.5 Å². The molecule has 0 amide bonds. The van der Waals surface area contributed by atoms with Gasteiger partial charge in [0.15, 0.2) is 0 Å². The molecule has 0 aliphatic heterocycles. The van der Waals surface area contributed by atoms with E-state index in [9.17, 15) is 0 Å². The van der Waals surface area contributed by atoms with Crippen molar-refractivity contribution in [2.45, 2.75) is 31.1 Å². The normalized spacial score (nSPS) is 17.9. The minimum absolute atomic E-state index is 0.402. The molecular formula is C14H22N2. The van der Waals surface area contributed by atoms with E-state index in [0.717, 1.165) is 13.0 Å². The molecule has 2 nitrogen and oxygen atoms in total. The number of benzene rings is 1. The first-order chi connectivity index (χ1) is 7.68. The van der Waals surface area contributed by atoms with E-state index in [-0.39, 0.29) is 0 Å². The fraction of sp³-hybridized carbons (Fsp3) is 0.571. The summed E-state index contributed by atoms with van der Waals surface area (Å²) in [5.74, 6) is 0. The zero-order valence-electron chi connectivity index (χ0n) is 10.4. The zero-order chi connectivity index (χ0) is 11.6. The maximum atomic E-state index is 5.73. The second-order valence-corrected chi connectivity index (χ2v) is 5.11. The Hall–Kier alpha value is -1.02. The van der Waals surface area contributed by atoms with Gasteiger partial charge < -0.3 is 10.6 Å². The predicted octanol–water partition coefficient (Wildman–Crippen LogP) is 2.52. The Morgan fingerprint density at radius 3 is 2.19 bits per heavy atom. The first-order valence-corrected chi connectivity index (χ1v) is 6.16. The molecule has 1 aromatic rings. The lowest BCUT2D eigenvalue weighted by Gasteiger charge is -2.42. The van der Waals surface area contributed by atoms with Gasteiger partial charge >= 0.3 is 0 Å². The molecule has 1 aliphatic rings. The van der Waals surface area contributed by atoms with Gasteiger partial charge in [-0.1, -0.05) is 18.6 Å². The van der Waals surface area contributed by atoms with Crippen molar-refractivity contribution in [2.75, 3.05) is 25.5 Å². The summed E-state index contributed by atoms with van der Waals surface area (Å²) >= 11 is 0. The number of rotatable bonds is 4. The quantitative estimate of drug-likeness (QED) is 0.841. The molecule has 1 aliphatic carbocycles. The molecule has 1 saturated carbocycles. The van der Waals surface area contributed by atoms with Crippen LogP contribution < -0.4 is 10.6 Å². The molecule has 0 saturated heterocycles. The van der Waals surface area contributed by atoms with Gasteiger partial charge in [-0.05, 0) is 48.9 Å². The largest absolute Gasteiger partial charge is 0.378 e. The van der Waals surface area contributed by atoms with Gasteiger partial charge in [-0.15, -0.1) is 0 Å². The maximum absolute atomic E-state index is 5.73. The van der Waals surface area contributed by atoms with Crippen molar-refractivity contribution < 1.29 is 0 Å². The Bertz CT molecular complexity index is 336. The Kier molecular flexibility index (Phi) is 3.20. The fourth-order valence-electron chi connectivity index (χ4n) is 2.68. The Balaban J connectivity index is 2.20. The standard InChI is InChI=1S/C14H22N2/c1-16(2)13-6-4-12(5-7-13)14(10-11-15)8-3-9-14/h4-7H,3,8-11,15H2,1-2H3. The Labute approximate surface area is 98.4 Å². The van der Waals surface area contributed by atoms with Crippen molar-refractivity contribution in [1.82, 2.24) is 0 Å². The summed E-state index contributed by atoms with van der Waals surface area (Å²) in [6.07, 6.45) is 5.11. The topological polar surface area (TPSA) is 29.3 Å². The molecule has 0 heterocycles. The highest BCUT2D eigenvalue weighted by Gasteiger charge is 2.37. The molecule has 1 fully saturated rings. The van der Waals surface area contributed by atoms with Gasteiger partial charge in [0.1, 0.15) is 0 Å². The van der Waals surface area contributed by atoms with Gasteiger partial charge in [0.05, 0.1) is 0 Å². The number of nitrogens with zero attached hydrogens (tertiary/aromatic N) is 1. The summed E-state index contributed by atoms with van der Waals surface area (Å²) < 4.78 is 0. The van der Waals surface area contributed by atoms with E-state index < -0.39 is 0 Å². The molecule has 16 heavy (non-hydrogen) atoms. The molecule has 0 bridgehead atoms. The van der Waals surface area contributed by atoms with Crippen LogP contribution in [0.2, 0.25) is 0 Å². The van der Waals surface area contributed by atoms with Crippen LogP contribution in [0.25, 0.3) is 0 Å². The molecule has 0 atom stereocenters. The molecular weight excluding hydrogens is 196 g/mol. The van der Waals surface area contributed by atoms with Gasteiger partial charge in [0, 0.05) is 19.8 Å². The van der Waals surface area contributed by atoms with E-state index in [4.69, 9.17) is 5.73 Å². The van der Waals surface area contributed by atoms with Crippen molar-refractivity contribution in [3.05, 3.63) is 29.8 Å². The highest BCUT2D eigenvalue weighted by atomic mass is 15.1. The minimum Gasteiger partial charge on any atom is -0.378 e. The SMILES string of the molecule is CN(C)c1ccc(C2(CCN)CCC2)cc1. The van der Waals surface area contributed by atoms with E-state index in [2.05, 4.69) is 43.3 Å². The number of nitrogens with two attached hydrogens (primary N) is 1. The Morgan fingerprint density at radius 2 is 1.81 bits per heavy atom. The monoisotopic (exact) mass is 218 g/mol. The van der Waals surface area contributed by atoms with Gasteiger partial charge in [0.2, 0.25) is 0 Å². The number of hydrogen-bond acceptors (Lipinski definition) is 2. The summed E-state index contributed by atoms with van der Waals surface area (Å²) in [5, 5.41) is 0. The van der Waals surface area contributed by atoms with Gasteiger partial charge in [-0.3, -0.25) is 0 Å². The van der Waals surface area contributed by atoms with Crippen LogP contribution in [0.4, 0.5) is 5.69 Å². The van der Waals surface area contributed by atoms with Crippen molar-refractivity contribution in [1.29, 1.82) is 0 Å². The first-order valence-electron chi connectivity index (χ1n) is 6.16. The second kappa shape index (κ2) is 4.46. The van der Waals surface area contributed by atoms with E-state index in [0.29, 0.717) is 5.41 Å². The summed E-state index contributed by atoms with van der Waals surface area (Å²) in [5.41, 5.74) is 8.88. The molecule has 0 unspecified atom stereocenters. The molecule has 2 N–H and O–H groups in total. The zero-order valence-corrected chi connectivity index (χ0v) is 10.4. The first kappa shape index (κ1) is 11.5. The van der Waals surface area contributed by atoms with Crippen molar-refractivity contribution in [2.24, 2.45) is 5.73 Å². The summed E-state index contributed by atoms with van der Waals surface area (Å²) in [6.45, 7) is 0.801. The number of hydrogen-bond donors (Lipinski definition) is 1. The average Bonchev–Trinajstić information content (AvgIpc) is 2.23. The highest BCUT2D eigenvalue weighted by molar-refractivity contribution is 5.47. The van der Waals surface area contributed by atoms with Gasteiger partial charge in [-0.25, -0.2) is 0 Å². The van der Waals surface area contributed by atoms with E-state index in [1.807, 2.05) is 0 Å². The van der Waals surface area contributed by atoms with Crippen LogP contribution in [0, 0.1) is 0 Å². The van der Waals surface area contributed by atoms with Crippen LogP contribution in [0.3, 0.4) is 0 Å². The third-order valence-electron chi connectivity index (χ3n) is 3.93. The van der Waals surface area contributed by atoms with Crippen LogP contribution in [0.5, 0.6) is 0 Å². The number of anilines is 1. The summed E-state index contributed by atoms with van der Waals surface area (Å²) in [4.78, 5) is 2.14. The lowest BCUT2D eigenvalue weighted by Crippen LogP contribution is -2.36. The lowest BCUT2D eigenvalue weighted by molar-refractivity contribution is 0.229. The van der Waals surface area contributed by atoms with E-state index in [1.54, 1.807) is 0 Å². The van der Waals surface area contributed by atoms with Gasteiger partial charge in [0.25, 0.3) is 0 Å². The molecule has 1 aromatic carbocycles. The predicted molar refractivity (Wildman–Crippen MR) is 70.0 cm³/mol. The van der Waals surface area contributed by atoms with Crippen LogP contribution in [0.1, 0.15) is 31.2 Å². The molecule has 2 rings (SSSR count). The molecule has 0 aromatic heterocycles. The molecule has 0 spiro atoms. The van der Waals surface area contributed by atoms with Gasteiger partial charge in [-0.2, -0.15) is 0 Å². The summed E-state index contributed by atoms with van der Waals surface area (Å²) in [7, 11) is 4.15. The van der Waals surface area contributed by atoms with Crippen molar-refractivity contribution in [3.8, 4) is 0 Å². The van der Waals surface area contributed by atoms with Crippen molar-refractivity contribution in [3.63, 3.8) is 0 Å². The molecule has 0 radical (unpaired) electrons. The van der Waals surface area contributed by atoms with Crippen LogP contribution in [-0.2, 0) is 5.41 Å². The third kappa shape index (κ3) is 1.94. The second-order valence-electron chi connectivity index (χ2n) is 5.11. The van der Waals surface area contributed by atoms with Crippen LogP contribution >= 0.6 is 0 Å². The van der Waals surface area contributed by atoms with Crippen LogP contribution in [0.15, 0.2) is 24.3 Å². The summed E-state index contributed by atoms with van der Waals surface area (Å²) in [6, 6.07) is 8.99. The molecule has 88 valence electrons. The molecule has 2 heteroatoms. The van der Waals surface area contributed by atoms with Crippen LogP contribution in [-0.4, -0.2) is 20.6 Å². The minimum atomic E-state index is 0.402. The van der Waals surface area contributed by atoms with E-state index >= 15 is 0 Å². The average molecular weight is 218 g/mol.